The minimum atomic E-state index is -3.11. The largest absolute Gasteiger partial charge is 0.394 e. The van der Waals surface area contributed by atoms with Crippen LogP contribution in [0.3, 0.4) is 0 Å². The quantitative estimate of drug-likeness (QED) is 0.215. The van der Waals surface area contributed by atoms with E-state index in [1.807, 2.05) is 0 Å². The molecule has 2 saturated heterocycles. The maximum atomic E-state index is 10.3. The van der Waals surface area contributed by atoms with E-state index in [4.69, 9.17) is 19.3 Å². The highest BCUT2D eigenvalue weighted by molar-refractivity contribution is 4.97. The van der Waals surface area contributed by atoms with E-state index < -0.39 is 74.3 Å². The minimum Gasteiger partial charge on any atom is -0.394 e. The van der Waals surface area contributed by atoms with E-state index in [9.17, 15) is 40.9 Å². The van der Waals surface area contributed by atoms with Crippen LogP contribution in [0.25, 0.3) is 0 Å². The second-order valence-corrected chi connectivity index (χ2v) is 5.78. The van der Waals surface area contributed by atoms with E-state index in [1.165, 1.54) is 0 Å². The molecule has 142 valence electrons. The fourth-order valence-electron chi connectivity index (χ4n) is 2.60. The monoisotopic (exact) mass is 358 g/mol. The molecule has 0 aromatic carbocycles. The molecule has 2 fully saturated rings. The number of rotatable bonds is 4. The number of aliphatic hydroxyl groups excluding tert-OH is 8. The Morgan fingerprint density at radius 1 is 0.917 bits per heavy atom. The van der Waals surface area contributed by atoms with Crippen LogP contribution in [0.4, 0.5) is 0 Å². The summed E-state index contributed by atoms with van der Waals surface area (Å²) in [4.78, 5) is 0. The van der Waals surface area contributed by atoms with Gasteiger partial charge < -0.3 is 55.4 Å². The average molecular weight is 358 g/mol. The van der Waals surface area contributed by atoms with E-state index in [-0.39, 0.29) is 0 Å². The Morgan fingerprint density at radius 3 is 2.08 bits per heavy atom. The van der Waals surface area contributed by atoms with Crippen LogP contribution in [0.15, 0.2) is 0 Å². The molecule has 9 atom stereocenters. The highest BCUT2D eigenvalue weighted by Gasteiger charge is 2.61. The molecule has 0 unspecified atom stereocenters. The van der Waals surface area contributed by atoms with Gasteiger partial charge in [0.1, 0.15) is 43.2 Å². The van der Waals surface area contributed by atoms with Gasteiger partial charge in [0.2, 0.25) is 5.79 Å². The third-order valence-corrected chi connectivity index (χ3v) is 4.13. The maximum Gasteiger partial charge on any atom is 0.313 e. The van der Waals surface area contributed by atoms with Gasteiger partial charge in [-0.2, -0.15) is 0 Å². The third kappa shape index (κ3) is 3.16. The van der Waals surface area contributed by atoms with Gasteiger partial charge in [-0.1, -0.05) is 0 Å². The minimum absolute atomic E-state index is 0.598. The Balaban J connectivity index is 2.28. The molecule has 0 aromatic heterocycles. The molecule has 12 nitrogen and oxygen atoms in total. The summed E-state index contributed by atoms with van der Waals surface area (Å²) >= 11 is 0. The van der Waals surface area contributed by atoms with Crippen molar-refractivity contribution in [1.29, 1.82) is 0 Å². The fourth-order valence-corrected chi connectivity index (χ4v) is 2.60. The third-order valence-electron chi connectivity index (χ3n) is 4.13. The van der Waals surface area contributed by atoms with Crippen molar-refractivity contribution < 1.29 is 60.2 Å². The van der Waals surface area contributed by atoms with Crippen molar-refractivity contribution in [2.24, 2.45) is 0 Å². The Kier molecular flexibility index (Phi) is 5.81. The van der Waals surface area contributed by atoms with E-state index in [0.717, 1.165) is 0 Å². The first-order chi connectivity index (χ1) is 11.1. The molecule has 2 rings (SSSR count). The number of hydrogen-bond donors (Lipinski definition) is 9. The standard InChI is InChI=1S/C12H22O12/c13-1-5-7(17)8(18)10(20)12(21,23-5)24-11(3-14)9(19)6(16)4(15)2-22-11/h4-10,13-21H,1-3H2/t4-,5+,6-,7-,8-,9+,10+,11-,12-/m0/s1. The molecule has 2 aliphatic rings. The molecule has 0 aromatic rings. The summed E-state index contributed by atoms with van der Waals surface area (Å²) in [5, 5.41) is 87.3. The summed E-state index contributed by atoms with van der Waals surface area (Å²) in [5.74, 6) is -5.63. The summed E-state index contributed by atoms with van der Waals surface area (Å²) < 4.78 is 14.8. The summed E-state index contributed by atoms with van der Waals surface area (Å²) in [5.41, 5.74) is 0. The zero-order valence-corrected chi connectivity index (χ0v) is 12.4. The molecule has 0 spiro atoms. The molecule has 9 N–H and O–H groups in total. The van der Waals surface area contributed by atoms with Gasteiger partial charge in [0, 0.05) is 0 Å². The van der Waals surface area contributed by atoms with Crippen LogP contribution < -0.4 is 0 Å². The normalized spacial score (nSPS) is 53.1. The summed E-state index contributed by atoms with van der Waals surface area (Å²) in [6.45, 7) is -2.61. The van der Waals surface area contributed by atoms with Crippen LogP contribution in [0.5, 0.6) is 0 Å². The summed E-state index contributed by atoms with van der Waals surface area (Å²) in [7, 11) is 0. The molecule has 0 aliphatic carbocycles. The van der Waals surface area contributed by atoms with Crippen LogP contribution in [-0.2, 0) is 14.2 Å². The molecule has 0 radical (unpaired) electrons. The Hall–Kier alpha value is -0.480. The van der Waals surface area contributed by atoms with Gasteiger partial charge in [0.05, 0.1) is 13.2 Å². The molecule has 12 heteroatoms. The smallest absolute Gasteiger partial charge is 0.313 e. The van der Waals surface area contributed by atoms with Crippen LogP contribution in [-0.4, -0.2) is 120 Å². The molecule has 2 heterocycles. The fraction of sp³-hybridized carbons (Fsp3) is 1.00. The Bertz CT molecular complexity index is 434. The SMILES string of the molecule is OC[C@H]1O[C@](O)(O[C@]2(CO)OC[C@H](O)[C@H](O)[C@H]2O)[C@H](O)[C@@H](O)[C@H]1O. The van der Waals surface area contributed by atoms with Crippen molar-refractivity contribution in [3.05, 3.63) is 0 Å². The van der Waals surface area contributed by atoms with Crippen molar-refractivity contribution in [3.63, 3.8) is 0 Å². The molecular formula is C12H22O12. The van der Waals surface area contributed by atoms with Crippen molar-refractivity contribution >= 4 is 0 Å². The first-order valence-corrected chi connectivity index (χ1v) is 7.16. The van der Waals surface area contributed by atoms with Crippen LogP contribution in [0.1, 0.15) is 0 Å². The lowest BCUT2D eigenvalue weighted by molar-refractivity contribution is -0.513. The first-order valence-electron chi connectivity index (χ1n) is 7.16. The second-order valence-electron chi connectivity index (χ2n) is 5.78. The second kappa shape index (κ2) is 7.03. The lowest BCUT2D eigenvalue weighted by atomic mass is 9.95. The van der Waals surface area contributed by atoms with Gasteiger partial charge in [-0.25, -0.2) is 0 Å². The van der Waals surface area contributed by atoms with Gasteiger partial charge in [-0.3, -0.25) is 4.74 Å². The lowest BCUT2D eigenvalue weighted by Gasteiger charge is -2.51. The van der Waals surface area contributed by atoms with E-state index in [2.05, 4.69) is 0 Å². The molecular weight excluding hydrogens is 336 g/mol. The number of hydrogen-bond acceptors (Lipinski definition) is 12. The molecule has 24 heavy (non-hydrogen) atoms. The molecule has 0 saturated carbocycles. The van der Waals surface area contributed by atoms with Crippen molar-refractivity contribution in [1.82, 2.24) is 0 Å². The summed E-state index contributed by atoms with van der Waals surface area (Å²) in [6.07, 6.45) is -13.0. The van der Waals surface area contributed by atoms with Crippen molar-refractivity contribution in [2.75, 3.05) is 19.8 Å². The number of aliphatic hydroxyl groups is 9. The van der Waals surface area contributed by atoms with Crippen LogP contribution >= 0.6 is 0 Å². The van der Waals surface area contributed by atoms with Gasteiger partial charge in [-0.05, 0) is 0 Å². The van der Waals surface area contributed by atoms with Crippen LogP contribution in [0.2, 0.25) is 0 Å². The van der Waals surface area contributed by atoms with E-state index in [1.54, 1.807) is 0 Å². The first kappa shape index (κ1) is 19.8. The van der Waals surface area contributed by atoms with Gasteiger partial charge >= 0.3 is 5.97 Å². The average Bonchev–Trinajstić information content (AvgIpc) is 2.57. The Labute approximate surface area is 135 Å². The van der Waals surface area contributed by atoms with Crippen LogP contribution in [0, 0.1) is 0 Å². The Morgan fingerprint density at radius 2 is 1.54 bits per heavy atom. The van der Waals surface area contributed by atoms with Gasteiger partial charge in [0.25, 0.3) is 0 Å². The van der Waals surface area contributed by atoms with Gasteiger partial charge in [-0.15, -0.1) is 0 Å². The topological polar surface area (TPSA) is 210 Å². The zero-order valence-electron chi connectivity index (χ0n) is 12.4. The highest BCUT2D eigenvalue weighted by Crippen LogP contribution is 2.37. The molecule has 2 aliphatic heterocycles. The lowest BCUT2D eigenvalue weighted by Crippen LogP contribution is -2.72. The molecule has 0 amide bonds. The maximum absolute atomic E-state index is 10.3. The predicted molar refractivity (Wildman–Crippen MR) is 69.8 cm³/mol. The van der Waals surface area contributed by atoms with Gasteiger partial charge in [0.15, 0.2) is 6.10 Å². The van der Waals surface area contributed by atoms with E-state index >= 15 is 0 Å². The predicted octanol–water partition coefficient (Wildman–Crippen LogP) is -6.08. The molecule has 0 bridgehead atoms. The zero-order chi connectivity index (χ0) is 18.3. The number of ether oxygens (including phenoxy) is 3. The van der Waals surface area contributed by atoms with Crippen molar-refractivity contribution in [3.8, 4) is 0 Å². The highest BCUT2D eigenvalue weighted by atomic mass is 16.9. The van der Waals surface area contributed by atoms with Crippen molar-refractivity contribution in [2.45, 2.75) is 54.5 Å². The summed E-state index contributed by atoms with van der Waals surface area (Å²) in [6, 6.07) is 0. The van der Waals surface area contributed by atoms with E-state index in [0.29, 0.717) is 0 Å².